The van der Waals surface area contributed by atoms with E-state index in [0.717, 1.165) is 12.8 Å². The van der Waals surface area contributed by atoms with Gasteiger partial charge in [0.2, 0.25) is 0 Å². The Morgan fingerprint density at radius 2 is 1.81 bits per heavy atom. The minimum Gasteiger partial charge on any atom is -0.494 e. The summed E-state index contributed by atoms with van der Waals surface area (Å²) < 4.78 is 35.7. The first-order valence-electron chi connectivity index (χ1n) is 11.6. The summed E-state index contributed by atoms with van der Waals surface area (Å²) in [5.41, 5.74) is 1.11. The number of halogens is 3. The molecule has 0 saturated heterocycles. The van der Waals surface area contributed by atoms with Gasteiger partial charge in [-0.2, -0.15) is 0 Å². The third-order valence-corrected chi connectivity index (χ3v) is 6.52. The van der Waals surface area contributed by atoms with E-state index in [1.165, 1.54) is 41.0 Å². The van der Waals surface area contributed by atoms with Gasteiger partial charge in [-0.15, -0.1) is 0 Å². The Bertz CT molecular complexity index is 1210. The van der Waals surface area contributed by atoms with E-state index < -0.39 is 23.6 Å². The molecule has 7 nitrogen and oxygen atoms in total. The first-order valence-corrected chi connectivity index (χ1v) is 12.0. The average Bonchev–Trinajstić information content (AvgIpc) is 3.59. The normalized spacial score (nSPS) is 14.2. The molecule has 1 unspecified atom stereocenters. The first kappa shape index (κ1) is 25.8. The van der Waals surface area contributed by atoms with Gasteiger partial charge in [-0.25, -0.2) is 8.78 Å². The van der Waals surface area contributed by atoms with Gasteiger partial charge in [0.25, 0.3) is 0 Å². The molecule has 2 aromatic carbocycles. The molecule has 1 aromatic heterocycles. The second-order valence-electron chi connectivity index (χ2n) is 8.97. The Morgan fingerprint density at radius 1 is 1.08 bits per heavy atom. The highest BCUT2D eigenvalue weighted by atomic mass is 35.5. The smallest absolute Gasteiger partial charge is 0.305 e. The molecule has 0 aliphatic heterocycles. The molecule has 0 radical (unpaired) electrons. The first-order chi connectivity index (χ1) is 17.2. The van der Waals surface area contributed by atoms with E-state index in [2.05, 4.69) is 0 Å². The molecule has 10 heteroatoms. The lowest BCUT2D eigenvalue weighted by Crippen LogP contribution is -2.32. The van der Waals surface area contributed by atoms with Crippen LogP contribution in [0.15, 0.2) is 48.5 Å². The van der Waals surface area contributed by atoms with Gasteiger partial charge in [0.1, 0.15) is 12.4 Å². The van der Waals surface area contributed by atoms with Crippen molar-refractivity contribution in [1.29, 1.82) is 0 Å². The molecule has 3 N–H and O–H groups in total. The summed E-state index contributed by atoms with van der Waals surface area (Å²) in [6, 6.07) is 10.9. The van der Waals surface area contributed by atoms with Crippen molar-refractivity contribution in [3.8, 4) is 17.5 Å². The number of hydrogen-bond acceptors (Lipinski definition) is 5. The zero-order valence-corrected chi connectivity index (χ0v) is 20.2. The fourth-order valence-electron chi connectivity index (χ4n) is 4.19. The van der Waals surface area contributed by atoms with Gasteiger partial charge < -0.3 is 20.1 Å². The van der Waals surface area contributed by atoms with E-state index >= 15 is 0 Å². The van der Waals surface area contributed by atoms with Crippen LogP contribution in [0.3, 0.4) is 0 Å². The molecule has 192 valence electrons. The predicted molar refractivity (Wildman–Crippen MR) is 129 cm³/mol. The van der Waals surface area contributed by atoms with Crippen LogP contribution in [0.1, 0.15) is 36.4 Å². The van der Waals surface area contributed by atoms with Crippen molar-refractivity contribution in [2.24, 2.45) is 5.92 Å². The molecule has 0 amide bonds. The quantitative estimate of drug-likeness (QED) is 0.298. The number of aliphatic carboxylic acids is 1. The highest BCUT2D eigenvalue weighted by Gasteiger charge is 2.31. The summed E-state index contributed by atoms with van der Waals surface area (Å²) >= 11 is 5.82. The SMILES string of the molecule is O=C(O)CC(c1ccc(Cl)c(F)c1)N(Cc1ccc(OCCn2c(O)ccc2O)c(F)c1)CC1CC1. The second kappa shape index (κ2) is 11.2. The standard InChI is InChI=1S/C26H27ClF2N2O5/c27-19-5-4-18(12-20(19)28)22(13-26(34)35)30(14-16-1-2-16)15-17-3-6-23(21(29)11-17)36-10-9-31-24(32)7-8-25(31)33/h3-8,11-12,16,22,32-33H,1-2,9-10,13-15H2,(H,34,35). The lowest BCUT2D eigenvalue weighted by Gasteiger charge is -2.31. The van der Waals surface area contributed by atoms with Gasteiger partial charge in [0, 0.05) is 31.3 Å². The van der Waals surface area contributed by atoms with Gasteiger partial charge in [-0.05, 0) is 54.2 Å². The Morgan fingerprint density at radius 3 is 2.42 bits per heavy atom. The van der Waals surface area contributed by atoms with Crippen LogP contribution >= 0.6 is 11.6 Å². The molecule has 1 aliphatic carbocycles. The van der Waals surface area contributed by atoms with Crippen molar-refractivity contribution in [3.63, 3.8) is 0 Å². The molecule has 1 aliphatic rings. The number of aromatic nitrogens is 1. The number of nitrogens with zero attached hydrogens (tertiary/aromatic N) is 2. The lowest BCUT2D eigenvalue weighted by molar-refractivity contribution is -0.138. The average molecular weight is 521 g/mol. The molecular formula is C26H27ClF2N2O5. The van der Waals surface area contributed by atoms with E-state index in [1.54, 1.807) is 12.1 Å². The molecule has 1 fully saturated rings. The van der Waals surface area contributed by atoms with E-state index in [4.69, 9.17) is 16.3 Å². The highest BCUT2D eigenvalue weighted by molar-refractivity contribution is 6.30. The van der Waals surface area contributed by atoms with Crippen molar-refractivity contribution in [1.82, 2.24) is 9.47 Å². The lowest BCUT2D eigenvalue weighted by atomic mass is 10.00. The Labute approximate surface area is 212 Å². The van der Waals surface area contributed by atoms with Crippen molar-refractivity contribution in [3.05, 3.63) is 76.3 Å². The van der Waals surface area contributed by atoms with Crippen LogP contribution in [-0.2, 0) is 17.9 Å². The van der Waals surface area contributed by atoms with Crippen LogP contribution in [0.25, 0.3) is 0 Å². The van der Waals surface area contributed by atoms with Crippen LogP contribution in [-0.4, -0.2) is 43.9 Å². The minimum absolute atomic E-state index is 0.0143. The second-order valence-corrected chi connectivity index (χ2v) is 9.38. The minimum atomic E-state index is -1.02. The Balaban J connectivity index is 1.49. The maximum Gasteiger partial charge on any atom is 0.305 e. The van der Waals surface area contributed by atoms with Gasteiger partial charge in [0.05, 0.1) is 18.0 Å². The van der Waals surface area contributed by atoms with E-state index in [9.17, 15) is 28.9 Å². The van der Waals surface area contributed by atoms with E-state index in [0.29, 0.717) is 23.6 Å². The Hall–Kier alpha value is -3.30. The summed E-state index contributed by atoms with van der Waals surface area (Å²) in [5, 5.41) is 28.9. The van der Waals surface area contributed by atoms with Crippen LogP contribution in [0, 0.1) is 17.6 Å². The molecule has 4 rings (SSSR count). The Kier molecular flexibility index (Phi) is 8.01. The number of carbonyl (C=O) groups is 1. The van der Waals surface area contributed by atoms with Crippen molar-refractivity contribution >= 4 is 17.6 Å². The molecule has 1 saturated carbocycles. The van der Waals surface area contributed by atoms with Gasteiger partial charge in [0.15, 0.2) is 23.3 Å². The van der Waals surface area contributed by atoms with E-state index in [1.807, 2.05) is 4.90 Å². The van der Waals surface area contributed by atoms with E-state index in [-0.39, 0.29) is 48.6 Å². The zero-order chi connectivity index (χ0) is 25.8. The molecule has 0 bridgehead atoms. The fourth-order valence-corrected chi connectivity index (χ4v) is 4.31. The summed E-state index contributed by atoms with van der Waals surface area (Å²) in [6.07, 6.45) is 1.81. The maximum atomic E-state index is 14.8. The largest absolute Gasteiger partial charge is 0.494 e. The summed E-state index contributed by atoms with van der Waals surface area (Å²) in [6.45, 7) is 1.01. The van der Waals surface area contributed by atoms with Crippen LogP contribution in [0.4, 0.5) is 8.78 Å². The van der Waals surface area contributed by atoms with Crippen molar-refractivity contribution in [2.75, 3.05) is 13.2 Å². The number of carboxylic acid groups (broad SMARTS) is 1. The third kappa shape index (κ3) is 6.47. The number of hydrogen-bond donors (Lipinski definition) is 3. The predicted octanol–water partition coefficient (Wildman–Crippen LogP) is 5.34. The van der Waals surface area contributed by atoms with Crippen LogP contribution in [0.2, 0.25) is 5.02 Å². The molecule has 1 atom stereocenters. The molecule has 0 spiro atoms. The highest BCUT2D eigenvalue weighted by Crippen LogP contribution is 2.36. The number of aromatic hydroxyl groups is 2. The van der Waals surface area contributed by atoms with Gasteiger partial charge >= 0.3 is 5.97 Å². The summed E-state index contributed by atoms with van der Waals surface area (Å²) in [7, 11) is 0. The van der Waals surface area contributed by atoms with Crippen molar-refractivity contribution in [2.45, 2.75) is 38.4 Å². The fraction of sp³-hybridized carbons (Fsp3) is 0.346. The van der Waals surface area contributed by atoms with Crippen LogP contribution < -0.4 is 4.74 Å². The zero-order valence-electron chi connectivity index (χ0n) is 19.4. The number of rotatable bonds is 12. The number of benzene rings is 2. The molecule has 1 heterocycles. The van der Waals surface area contributed by atoms with Crippen molar-refractivity contribution < 1.29 is 33.6 Å². The summed E-state index contributed by atoms with van der Waals surface area (Å²) in [4.78, 5) is 13.6. The molecular weight excluding hydrogens is 494 g/mol. The van der Waals surface area contributed by atoms with Crippen LogP contribution in [0.5, 0.6) is 17.5 Å². The molecule has 36 heavy (non-hydrogen) atoms. The topological polar surface area (TPSA) is 95.2 Å². The number of ether oxygens (including phenoxy) is 1. The monoisotopic (exact) mass is 520 g/mol. The number of carboxylic acids is 1. The third-order valence-electron chi connectivity index (χ3n) is 6.22. The summed E-state index contributed by atoms with van der Waals surface area (Å²) in [5.74, 6) is -2.06. The maximum absolute atomic E-state index is 14.8. The van der Waals surface area contributed by atoms with Gasteiger partial charge in [-0.3, -0.25) is 14.3 Å². The van der Waals surface area contributed by atoms with Gasteiger partial charge in [-0.1, -0.05) is 23.7 Å². The molecule has 3 aromatic rings.